The Morgan fingerprint density at radius 2 is 2.10 bits per heavy atom. The van der Waals surface area contributed by atoms with Crippen LogP contribution in [0, 0.1) is 12.8 Å². The second-order valence-electron chi connectivity index (χ2n) is 6.61. The summed E-state index contributed by atoms with van der Waals surface area (Å²) in [7, 11) is 0. The van der Waals surface area contributed by atoms with Gasteiger partial charge in [-0.1, -0.05) is 26.0 Å². The summed E-state index contributed by atoms with van der Waals surface area (Å²) < 4.78 is 2.02. The van der Waals surface area contributed by atoms with Gasteiger partial charge in [-0.3, -0.25) is 0 Å². The van der Waals surface area contributed by atoms with Gasteiger partial charge >= 0.3 is 0 Å². The van der Waals surface area contributed by atoms with Gasteiger partial charge in [-0.2, -0.15) is 5.10 Å². The lowest BCUT2D eigenvalue weighted by molar-refractivity contribution is 0.552. The number of nitrogens with one attached hydrogen (secondary N) is 1. The van der Waals surface area contributed by atoms with Crippen LogP contribution in [0.25, 0.3) is 5.69 Å². The Labute approximate surface area is 127 Å². The molecule has 0 aliphatic heterocycles. The van der Waals surface area contributed by atoms with Gasteiger partial charge in [-0.15, -0.1) is 0 Å². The minimum atomic E-state index is 0.690. The van der Waals surface area contributed by atoms with Crippen LogP contribution in [0.5, 0.6) is 0 Å². The second-order valence-corrected chi connectivity index (χ2v) is 6.61. The Bertz CT molecular complexity index is 609. The van der Waals surface area contributed by atoms with Crippen LogP contribution in [-0.4, -0.2) is 16.3 Å². The zero-order valence-electron chi connectivity index (χ0n) is 13.3. The van der Waals surface area contributed by atoms with E-state index in [0.717, 1.165) is 13.1 Å². The van der Waals surface area contributed by atoms with Crippen LogP contribution in [0.3, 0.4) is 0 Å². The standard InChI is InChI=1S/C18H25N3/c1-13(2)11-19-12-15-4-7-18(14(3)10-15)21-9-8-17(20-21)16-5-6-16/h4,7-10,13,16,19H,5-6,11-12H2,1-3H3. The van der Waals surface area contributed by atoms with Crippen molar-refractivity contribution in [3.05, 3.63) is 47.3 Å². The molecule has 0 spiro atoms. The number of aryl methyl sites for hydroxylation is 1. The zero-order chi connectivity index (χ0) is 14.8. The molecule has 1 N–H and O–H groups in total. The molecule has 1 heterocycles. The van der Waals surface area contributed by atoms with E-state index in [-0.39, 0.29) is 0 Å². The maximum atomic E-state index is 4.72. The van der Waals surface area contributed by atoms with Crippen molar-refractivity contribution in [1.29, 1.82) is 0 Å². The van der Waals surface area contributed by atoms with E-state index in [1.54, 1.807) is 0 Å². The molecule has 1 aromatic carbocycles. The van der Waals surface area contributed by atoms with Gasteiger partial charge < -0.3 is 5.32 Å². The molecule has 1 aromatic heterocycles. The van der Waals surface area contributed by atoms with Crippen LogP contribution in [0.2, 0.25) is 0 Å². The Balaban J connectivity index is 1.70. The summed E-state index contributed by atoms with van der Waals surface area (Å²) >= 11 is 0. The highest BCUT2D eigenvalue weighted by Gasteiger charge is 2.25. The van der Waals surface area contributed by atoms with Crippen molar-refractivity contribution in [3.8, 4) is 5.69 Å². The second kappa shape index (κ2) is 6.02. The summed E-state index contributed by atoms with van der Waals surface area (Å²) in [6, 6.07) is 8.82. The van der Waals surface area contributed by atoms with E-state index in [9.17, 15) is 0 Å². The van der Waals surface area contributed by atoms with E-state index in [1.165, 1.54) is 35.3 Å². The van der Waals surface area contributed by atoms with Crippen molar-refractivity contribution in [2.75, 3.05) is 6.54 Å². The van der Waals surface area contributed by atoms with Crippen LogP contribution < -0.4 is 5.32 Å². The lowest BCUT2D eigenvalue weighted by Gasteiger charge is -2.11. The van der Waals surface area contributed by atoms with Gasteiger partial charge in [0.2, 0.25) is 0 Å². The van der Waals surface area contributed by atoms with Crippen LogP contribution in [0.15, 0.2) is 30.5 Å². The number of hydrogen-bond acceptors (Lipinski definition) is 2. The van der Waals surface area contributed by atoms with E-state index < -0.39 is 0 Å². The zero-order valence-corrected chi connectivity index (χ0v) is 13.3. The fourth-order valence-corrected chi connectivity index (χ4v) is 2.66. The van der Waals surface area contributed by atoms with Crippen LogP contribution in [0.1, 0.15) is 49.4 Å². The van der Waals surface area contributed by atoms with Crippen molar-refractivity contribution in [3.63, 3.8) is 0 Å². The molecular weight excluding hydrogens is 258 g/mol. The van der Waals surface area contributed by atoms with Crippen molar-refractivity contribution in [2.45, 2.75) is 46.1 Å². The predicted molar refractivity (Wildman–Crippen MR) is 86.8 cm³/mol. The molecule has 2 aromatic rings. The van der Waals surface area contributed by atoms with Gasteiger partial charge in [0.05, 0.1) is 11.4 Å². The first-order chi connectivity index (χ1) is 10.1. The summed E-state index contributed by atoms with van der Waals surface area (Å²) in [5.74, 6) is 1.40. The highest BCUT2D eigenvalue weighted by atomic mass is 15.3. The lowest BCUT2D eigenvalue weighted by Crippen LogP contribution is -2.19. The van der Waals surface area contributed by atoms with E-state index in [1.807, 2.05) is 4.68 Å². The summed E-state index contributed by atoms with van der Waals surface area (Å²) in [6.07, 6.45) is 4.69. The lowest BCUT2D eigenvalue weighted by atomic mass is 10.1. The van der Waals surface area contributed by atoms with Gasteiger partial charge in [0.1, 0.15) is 0 Å². The van der Waals surface area contributed by atoms with E-state index in [2.05, 4.69) is 56.6 Å². The third-order valence-corrected chi connectivity index (χ3v) is 4.00. The molecule has 1 aliphatic rings. The number of aromatic nitrogens is 2. The molecule has 0 atom stereocenters. The molecule has 3 nitrogen and oxygen atoms in total. The first kappa shape index (κ1) is 14.3. The minimum absolute atomic E-state index is 0.690. The SMILES string of the molecule is Cc1cc(CNCC(C)C)ccc1-n1ccc(C2CC2)n1. The van der Waals surface area contributed by atoms with E-state index in [0.29, 0.717) is 11.8 Å². The first-order valence-corrected chi connectivity index (χ1v) is 7.99. The predicted octanol–water partition coefficient (Wildman–Crippen LogP) is 3.80. The number of benzene rings is 1. The first-order valence-electron chi connectivity index (χ1n) is 7.99. The average Bonchev–Trinajstić information content (AvgIpc) is 3.17. The molecule has 1 aliphatic carbocycles. The van der Waals surface area contributed by atoms with Gasteiger partial charge in [-0.05, 0) is 55.5 Å². The Morgan fingerprint density at radius 1 is 1.29 bits per heavy atom. The number of nitrogens with zero attached hydrogens (tertiary/aromatic N) is 2. The highest BCUT2D eigenvalue weighted by molar-refractivity contribution is 5.42. The normalized spacial score (nSPS) is 14.9. The van der Waals surface area contributed by atoms with Crippen LogP contribution in [-0.2, 0) is 6.54 Å². The van der Waals surface area contributed by atoms with Crippen molar-refractivity contribution in [2.24, 2.45) is 5.92 Å². The highest BCUT2D eigenvalue weighted by Crippen LogP contribution is 2.39. The third-order valence-electron chi connectivity index (χ3n) is 4.00. The quantitative estimate of drug-likeness (QED) is 0.874. The number of rotatable bonds is 6. The molecule has 3 rings (SSSR count). The average molecular weight is 283 g/mol. The summed E-state index contributed by atoms with van der Waals surface area (Å²) in [4.78, 5) is 0. The smallest absolute Gasteiger partial charge is 0.0675 e. The summed E-state index contributed by atoms with van der Waals surface area (Å²) in [6.45, 7) is 8.63. The van der Waals surface area contributed by atoms with Crippen LogP contribution >= 0.6 is 0 Å². The van der Waals surface area contributed by atoms with E-state index >= 15 is 0 Å². The topological polar surface area (TPSA) is 29.9 Å². The maximum Gasteiger partial charge on any atom is 0.0675 e. The summed E-state index contributed by atoms with van der Waals surface area (Å²) in [5.41, 5.74) is 5.06. The Kier molecular flexibility index (Phi) is 4.11. The molecule has 0 radical (unpaired) electrons. The fourth-order valence-electron chi connectivity index (χ4n) is 2.66. The van der Waals surface area contributed by atoms with Crippen molar-refractivity contribution in [1.82, 2.24) is 15.1 Å². The van der Waals surface area contributed by atoms with E-state index in [4.69, 9.17) is 5.10 Å². The monoisotopic (exact) mass is 283 g/mol. The Morgan fingerprint density at radius 3 is 2.76 bits per heavy atom. The summed E-state index contributed by atoms with van der Waals surface area (Å²) in [5, 5.41) is 8.21. The molecule has 0 bridgehead atoms. The maximum absolute atomic E-state index is 4.72. The molecular formula is C18H25N3. The van der Waals surface area contributed by atoms with Gasteiger partial charge in [0.25, 0.3) is 0 Å². The molecule has 1 saturated carbocycles. The molecule has 0 amide bonds. The molecule has 1 fully saturated rings. The molecule has 3 heteroatoms. The molecule has 0 unspecified atom stereocenters. The van der Waals surface area contributed by atoms with Gasteiger partial charge in [0, 0.05) is 18.7 Å². The van der Waals surface area contributed by atoms with Crippen molar-refractivity contribution < 1.29 is 0 Å². The molecule has 21 heavy (non-hydrogen) atoms. The number of hydrogen-bond donors (Lipinski definition) is 1. The molecule has 0 saturated heterocycles. The van der Waals surface area contributed by atoms with Crippen LogP contribution in [0.4, 0.5) is 0 Å². The molecule has 112 valence electrons. The third kappa shape index (κ3) is 3.53. The largest absolute Gasteiger partial charge is 0.312 e. The minimum Gasteiger partial charge on any atom is -0.312 e. The van der Waals surface area contributed by atoms with Gasteiger partial charge in [-0.25, -0.2) is 4.68 Å². The van der Waals surface area contributed by atoms with Gasteiger partial charge in [0.15, 0.2) is 0 Å². The fraction of sp³-hybridized carbons (Fsp3) is 0.500. The van der Waals surface area contributed by atoms with Crippen molar-refractivity contribution >= 4 is 0 Å². The Hall–Kier alpha value is -1.61.